The van der Waals surface area contributed by atoms with Crippen LogP contribution in [0.1, 0.15) is 17.9 Å². The molecule has 2 atom stereocenters. The highest BCUT2D eigenvalue weighted by Gasteiger charge is 2.35. The Hall–Kier alpha value is -2.04. The second-order valence-electron chi connectivity index (χ2n) is 4.23. The van der Waals surface area contributed by atoms with Crippen LogP contribution in [0.4, 0.5) is 5.69 Å². The number of anilines is 1. The number of aliphatic carboxylic acids is 1. The molecule has 1 fully saturated rings. The minimum Gasteiger partial charge on any atom is -0.481 e. The van der Waals surface area contributed by atoms with Gasteiger partial charge in [-0.2, -0.15) is 0 Å². The van der Waals surface area contributed by atoms with Crippen molar-refractivity contribution in [3.63, 3.8) is 0 Å². The summed E-state index contributed by atoms with van der Waals surface area (Å²) in [5.74, 6) is -2.04. The number of hydrogen-bond acceptors (Lipinski definition) is 3. The topological polar surface area (TPSA) is 92.4 Å². The van der Waals surface area contributed by atoms with Gasteiger partial charge in [-0.15, -0.1) is 0 Å². The highest BCUT2D eigenvalue weighted by atomic mass is 16.4. The van der Waals surface area contributed by atoms with Crippen LogP contribution in [-0.2, 0) is 9.59 Å². The van der Waals surface area contributed by atoms with Gasteiger partial charge in [0.05, 0.1) is 5.92 Å². The van der Waals surface area contributed by atoms with Crippen LogP contribution >= 0.6 is 0 Å². The fourth-order valence-corrected chi connectivity index (χ4v) is 2.18. The van der Waals surface area contributed by atoms with Gasteiger partial charge < -0.3 is 16.2 Å². The molecular formula is C12H14N2O3. The van der Waals surface area contributed by atoms with Gasteiger partial charge in [0.25, 0.3) is 0 Å². The van der Waals surface area contributed by atoms with Crippen molar-refractivity contribution in [1.82, 2.24) is 5.32 Å². The van der Waals surface area contributed by atoms with Gasteiger partial charge in [-0.3, -0.25) is 9.59 Å². The van der Waals surface area contributed by atoms with E-state index in [1.807, 2.05) is 6.07 Å². The Morgan fingerprint density at radius 1 is 1.47 bits per heavy atom. The van der Waals surface area contributed by atoms with Gasteiger partial charge in [0.1, 0.15) is 0 Å². The van der Waals surface area contributed by atoms with E-state index in [-0.39, 0.29) is 18.2 Å². The van der Waals surface area contributed by atoms with E-state index >= 15 is 0 Å². The predicted octanol–water partition coefficient (Wildman–Crippen LogP) is 0.573. The maximum absolute atomic E-state index is 11.2. The molecule has 4 N–H and O–H groups in total. The van der Waals surface area contributed by atoms with Gasteiger partial charge >= 0.3 is 5.97 Å². The van der Waals surface area contributed by atoms with Crippen LogP contribution in [-0.4, -0.2) is 23.5 Å². The number of carboxylic acid groups (broad SMARTS) is 1. The number of benzene rings is 1. The van der Waals surface area contributed by atoms with E-state index in [4.69, 9.17) is 10.8 Å². The van der Waals surface area contributed by atoms with E-state index < -0.39 is 11.9 Å². The van der Waals surface area contributed by atoms with E-state index in [1.54, 1.807) is 18.2 Å². The van der Waals surface area contributed by atoms with Crippen molar-refractivity contribution in [1.29, 1.82) is 0 Å². The predicted molar refractivity (Wildman–Crippen MR) is 62.3 cm³/mol. The Balaban J connectivity index is 2.29. The first kappa shape index (κ1) is 11.4. The van der Waals surface area contributed by atoms with Crippen molar-refractivity contribution in [2.45, 2.75) is 12.3 Å². The Kier molecular flexibility index (Phi) is 2.99. The second-order valence-corrected chi connectivity index (χ2v) is 4.23. The largest absolute Gasteiger partial charge is 0.481 e. The van der Waals surface area contributed by atoms with Crippen LogP contribution in [0.3, 0.4) is 0 Å². The summed E-state index contributed by atoms with van der Waals surface area (Å²) in [5.41, 5.74) is 7.14. The Morgan fingerprint density at radius 3 is 2.88 bits per heavy atom. The molecule has 0 aromatic heterocycles. The molecule has 1 aromatic carbocycles. The average molecular weight is 234 g/mol. The molecule has 0 saturated carbocycles. The number of rotatable bonds is 2. The normalized spacial score (nSPS) is 24.1. The smallest absolute Gasteiger partial charge is 0.307 e. The first-order valence-electron chi connectivity index (χ1n) is 5.43. The fourth-order valence-electron chi connectivity index (χ4n) is 2.18. The van der Waals surface area contributed by atoms with Crippen molar-refractivity contribution in [2.24, 2.45) is 5.92 Å². The van der Waals surface area contributed by atoms with Crippen LogP contribution in [0.25, 0.3) is 0 Å². The number of carboxylic acids is 1. The summed E-state index contributed by atoms with van der Waals surface area (Å²) < 4.78 is 0. The molecule has 1 aliphatic rings. The quantitative estimate of drug-likeness (QED) is 0.652. The van der Waals surface area contributed by atoms with E-state index in [1.165, 1.54) is 0 Å². The minimum absolute atomic E-state index is 0.0226. The maximum Gasteiger partial charge on any atom is 0.307 e. The van der Waals surface area contributed by atoms with Crippen LogP contribution < -0.4 is 11.1 Å². The molecule has 2 rings (SSSR count). The molecule has 0 spiro atoms. The standard InChI is InChI=1S/C12H14N2O3/c13-8-3-1-2-7(4-8)10-6-14-11(15)5-9(10)12(16)17/h1-4,9-10H,5-6,13H2,(H,14,15)(H,16,17). The molecule has 90 valence electrons. The summed E-state index contributed by atoms with van der Waals surface area (Å²) in [6.07, 6.45) is 0.0226. The molecule has 5 nitrogen and oxygen atoms in total. The Labute approximate surface area is 98.6 Å². The molecule has 1 saturated heterocycles. The summed E-state index contributed by atoms with van der Waals surface area (Å²) in [7, 11) is 0. The zero-order chi connectivity index (χ0) is 12.4. The van der Waals surface area contributed by atoms with Crippen molar-refractivity contribution in [2.75, 3.05) is 12.3 Å². The van der Waals surface area contributed by atoms with Gasteiger partial charge in [-0.05, 0) is 17.7 Å². The first-order chi connectivity index (χ1) is 8.08. The number of nitrogens with one attached hydrogen (secondary N) is 1. The number of hydrogen-bond donors (Lipinski definition) is 3. The molecule has 1 aromatic rings. The summed E-state index contributed by atoms with van der Waals surface area (Å²) >= 11 is 0. The molecular weight excluding hydrogens is 220 g/mol. The molecule has 0 aliphatic carbocycles. The number of carbonyl (C=O) groups is 2. The molecule has 1 heterocycles. The maximum atomic E-state index is 11.2. The van der Waals surface area contributed by atoms with Crippen molar-refractivity contribution >= 4 is 17.6 Å². The Morgan fingerprint density at radius 2 is 2.24 bits per heavy atom. The number of carbonyl (C=O) groups excluding carboxylic acids is 1. The lowest BCUT2D eigenvalue weighted by Crippen LogP contribution is -2.42. The summed E-state index contributed by atoms with van der Waals surface area (Å²) in [4.78, 5) is 22.4. The molecule has 0 radical (unpaired) electrons. The van der Waals surface area contributed by atoms with Crippen LogP contribution in [0.15, 0.2) is 24.3 Å². The fraction of sp³-hybridized carbons (Fsp3) is 0.333. The summed E-state index contributed by atoms with van der Waals surface area (Å²) in [5, 5.41) is 11.8. The monoisotopic (exact) mass is 234 g/mol. The number of piperidine rings is 1. The van der Waals surface area contributed by atoms with Gasteiger partial charge in [-0.25, -0.2) is 0 Å². The van der Waals surface area contributed by atoms with Crippen molar-refractivity contribution < 1.29 is 14.7 Å². The number of nitrogen functional groups attached to an aromatic ring is 1. The summed E-state index contributed by atoms with van der Waals surface area (Å²) in [6.45, 7) is 0.346. The minimum atomic E-state index is -0.938. The molecule has 1 amide bonds. The van der Waals surface area contributed by atoms with E-state index in [0.29, 0.717) is 12.2 Å². The SMILES string of the molecule is Nc1cccc(C2CNC(=O)CC2C(=O)O)c1. The molecule has 1 aliphatic heterocycles. The highest BCUT2D eigenvalue weighted by Crippen LogP contribution is 2.30. The third-order valence-corrected chi connectivity index (χ3v) is 3.07. The van der Waals surface area contributed by atoms with Crippen LogP contribution in [0.2, 0.25) is 0 Å². The zero-order valence-corrected chi connectivity index (χ0v) is 9.22. The van der Waals surface area contributed by atoms with Gasteiger partial charge in [0.15, 0.2) is 0 Å². The third-order valence-electron chi connectivity index (χ3n) is 3.07. The summed E-state index contributed by atoms with van der Waals surface area (Å²) in [6, 6.07) is 7.15. The van der Waals surface area contributed by atoms with Gasteiger partial charge in [0.2, 0.25) is 5.91 Å². The van der Waals surface area contributed by atoms with Crippen LogP contribution in [0, 0.1) is 5.92 Å². The van der Waals surface area contributed by atoms with Crippen molar-refractivity contribution in [3.05, 3.63) is 29.8 Å². The lowest BCUT2D eigenvalue weighted by Gasteiger charge is -2.29. The molecule has 0 bridgehead atoms. The molecule has 2 unspecified atom stereocenters. The van der Waals surface area contributed by atoms with E-state index in [2.05, 4.69) is 5.32 Å². The first-order valence-corrected chi connectivity index (χ1v) is 5.43. The lowest BCUT2D eigenvalue weighted by atomic mass is 9.81. The lowest BCUT2D eigenvalue weighted by molar-refractivity contribution is -0.146. The van der Waals surface area contributed by atoms with E-state index in [9.17, 15) is 9.59 Å². The number of nitrogens with two attached hydrogens (primary N) is 1. The number of amides is 1. The van der Waals surface area contributed by atoms with Gasteiger partial charge in [-0.1, -0.05) is 12.1 Å². The average Bonchev–Trinajstić information content (AvgIpc) is 2.28. The third kappa shape index (κ3) is 2.38. The zero-order valence-electron chi connectivity index (χ0n) is 9.22. The Bertz CT molecular complexity index is 459. The van der Waals surface area contributed by atoms with Gasteiger partial charge in [0, 0.05) is 24.6 Å². The highest BCUT2D eigenvalue weighted by molar-refractivity contribution is 5.84. The van der Waals surface area contributed by atoms with Crippen molar-refractivity contribution in [3.8, 4) is 0 Å². The van der Waals surface area contributed by atoms with Crippen LogP contribution in [0.5, 0.6) is 0 Å². The molecule has 5 heteroatoms. The second kappa shape index (κ2) is 4.45. The van der Waals surface area contributed by atoms with E-state index in [0.717, 1.165) is 5.56 Å². The molecule has 17 heavy (non-hydrogen) atoms.